The lowest BCUT2D eigenvalue weighted by molar-refractivity contribution is -0.148. The molecule has 1 saturated heterocycles. The van der Waals surface area contributed by atoms with Gasteiger partial charge in [-0.2, -0.15) is 4.31 Å². The van der Waals surface area contributed by atoms with E-state index in [1.165, 1.54) is 4.31 Å². The maximum Gasteiger partial charge on any atom is 0.324 e. The van der Waals surface area contributed by atoms with Gasteiger partial charge in [-0.15, -0.1) is 0 Å². The summed E-state index contributed by atoms with van der Waals surface area (Å²) in [7, 11) is -1.88. The Labute approximate surface area is 119 Å². The van der Waals surface area contributed by atoms with Gasteiger partial charge in [0.05, 0.1) is 11.5 Å². The van der Waals surface area contributed by atoms with E-state index >= 15 is 0 Å². The highest BCUT2D eigenvalue weighted by atomic mass is 32.2. The molecule has 0 spiro atoms. The highest BCUT2D eigenvalue weighted by molar-refractivity contribution is 7.89. The van der Waals surface area contributed by atoms with E-state index in [0.717, 1.165) is 12.8 Å². The van der Waals surface area contributed by atoms with Crippen LogP contribution in [0.5, 0.6) is 0 Å². The van der Waals surface area contributed by atoms with Crippen LogP contribution in [0.15, 0.2) is 23.4 Å². The molecule has 0 saturated carbocycles. The Morgan fingerprint density at radius 2 is 2.20 bits per heavy atom. The highest BCUT2D eigenvalue weighted by Gasteiger charge is 2.38. The van der Waals surface area contributed by atoms with Crippen molar-refractivity contribution in [2.24, 2.45) is 7.05 Å². The van der Waals surface area contributed by atoms with Crippen molar-refractivity contribution in [1.29, 1.82) is 0 Å². The standard InChI is InChI=1S/C13H20N2O4S/c1-3-19-13(16)12-6-4-5-8-15(12)20(17,18)11-7-9-14(2)10-11/h7,9-10,12H,3-6,8H2,1-2H3. The Balaban J connectivity index is 2.29. The molecule has 1 unspecified atom stereocenters. The van der Waals surface area contributed by atoms with Crippen molar-refractivity contribution in [3.8, 4) is 0 Å². The second-order valence-electron chi connectivity index (χ2n) is 4.89. The van der Waals surface area contributed by atoms with Crippen LogP contribution in [0.4, 0.5) is 0 Å². The molecule has 1 aromatic rings. The zero-order chi connectivity index (χ0) is 14.8. The van der Waals surface area contributed by atoms with Gasteiger partial charge in [-0.3, -0.25) is 4.79 Å². The predicted octanol–water partition coefficient (Wildman–Crippen LogP) is 1.13. The van der Waals surface area contributed by atoms with Gasteiger partial charge in [0.1, 0.15) is 6.04 Å². The van der Waals surface area contributed by atoms with Crippen molar-refractivity contribution in [3.05, 3.63) is 18.5 Å². The second-order valence-corrected chi connectivity index (χ2v) is 6.78. The highest BCUT2D eigenvalue weighted by Crippen LogP contribution is 2.26. The topological polar surface area (TPSA) is 68.6 Å². The van der Waals surface area contributed by atoms with Crippen LogP contribution in [0.25, 0.3) is 0 Å². The molecular formula is C13H20N2O4S. The first-order chi connectivity index (χ1) is 9.46. The van der Waals surface area contributed by atoms with Gasteiger partial charge in [0.25, 0.3) is 0 Å². The molecule has 0 radical (unpaired) electrons. The number of sulfonamides is 1. The van der Waals surface area contributed by atoms with E-state index in [2.05, 4.69) is 0 Å². The number of ether oxygens (including phenoxy) is 1. The zero-order valence-corrected chi connectivity index (χ0v) is 12.6. The van der Waals surface area contributed by atoms with Crippen LogP contribution in [-0.4, -0.2) is 42.5 Å². The molecule has 0 amide bonds. The number of piperidine rings is 1. The van der Waals surface area contributed by atoms with Crippen LogP contribution in [-0.2, 0) is 26.6 Å². The quantitative estimate of drug-likeness (QED) is 0.782. The first-order valence-corrected chi connectivity index (χ1v) is 8.21. The summed E-state index contributed by atoms with van der Waals surface area (Å²) >= 11 is 0. The lowest BCUT2D eigenvalue weighted by Crippen LogP contribution is -2.48. The molecule has 20 heavy (non-hydrogen) atoms. The average Bonchev–Trinajstić information content (AvgIpc) is 2.86. The molecule has 1 aromatic heterocycles. The van der Waals surface area contributed by atoms with Gasteiger partial charge >= 0.3 is 5.97 Å². The summed E-state index contributed by atoms with van der Waals surface area (Å²) in [6.07, 6.45) is 5.35. The monoisotopic (exact) mass is 300 g/mol. The fraction of sp³-hybridized carbons (Fsp3) is 0.615. The Morgan fingerprint density at radius 3 is 2.80 bits per heavy atom. The first kappa shape index (κ1) is 15.1. The third-order valence-corrected chi connectivity index (χ3v) is 5.32. The fourth-order valence-electron chi connectivity index (χ4n) is 2.43. The molecule has 6 nitrogen and oxygen atoms in total. The lowest BCUT2D eigenvalue weighted by atomic mass is 10.1. The van der Waals surface area contributed by atoms with Gasteiger partial charge in [0.15, 0.2) is 0 Å². The van der Waals surface area contributed by atoms with Crippen molar-refractivity contribution in [3.63, 3.8) is 0 Å². The number of esters is 1. The third-order valence-electron chi connectivity index (χ3n) is 3.42. The number of carbonyl (C=O) groups is 1. The van der Waals surface area contributed by atoms with E-state index in [-0.39, 0.29) is 11.5 Å². The first-order valence-electron chi connectivity index (χ1n) is 6.77. The fourth-order valence-corrected chi connectivity index (χ4v) is 4.13. The minimum absolute atomic E-state index is 0.219. The Kier molecular flexibility index (Phi) is 4.49. The zero-order valence-electron chi connectivity index (χ0n) is 11.8. The maximum atomic E-state index is 12.6. The number of aromatic nitrogens is 1. The van der Waals surface area contributed by atoms with Gasteiger partial charge in [-0.25, -0.2) is 8.42 Å². The summed E-state index contributed by atoms with van der Waals surface area (Å²) in [5, 5.41) is 0. The average molecular weight is 300 g/mol. The minimum atomic E-state index is -3.64. The number of hydrogen-bond acceptors (Lipinski definition) is 4. The molecule has 112 valence electrons. The van der Waals surface area contributed by atoms with Crippen LogP contribution in [0.1, 0.15) is 26.2 Å². The summed E-state index contributed by atoms with van der Waals surface area (Å²) < 4.78 is 33.2. The Bertz CT molecular complexity index is 579. The summed E-state index contributed by atoms with van der Waals surface area (Å²) in [6, 6.07) is 0.848. The number of carbonyl (C=O) groups excluding carboxylic acids is 1. The van der Waals surface area contributed by atoms with E-state index in [4.69, 9.17) is 4.74 Å². The largest absolute Gasteiger partial charge is 0.465 e. The van der Waals surface area contributed by atoms with Gasteiger partial charge in [-0.1, -0.05) is 0 Å². The van der Waals surface area contributed by atoms with Crippen molar-refractivity contribution >= 4 is 16.0 Å². The molecule has 1 aliphatic heterocycles. The Hall–Kier alpha value is -1.34. The molecule has 2 rings (SSSR count). The predicted molar refractivity (Wildman–Crippen MR) is 73.6 cm³/mol. The van der Waals surface area contributed by atoms with Gasteiger partial charge in [0, 0.05) is 26.0 Å². The van der Waals surface area contributed by atoms with E-state index in [1.54, 1.807) is 37.0 Å². The summed E-state index contributed by atoms with van der Waals surface area (Å²) in [5.74, 6) is -0.452. The van der Waals surface area contributed by atoms with E-state index in [1.807, 2.05) is 0 Å². The summed E-state index contributed by atoms with van der Waals surface area (Å²) in [4.78, 5) is 12.2. The van der Waals surface area contributed by atoms with Crippen molar-refractivity contribution in [2.75, 3.05) is 13.2 Å². The molecule has 1 atom stereocenters. The third kappa shape index (κ3) is 2.88. The number of hydrogen-bond donors (Lipinski definition) is 0. The number of aryl methyl sites for hydroxylation is 1. The lowest BCUT2D eigenvalue weighted by Gasteiger charge is -2.32. The molecule has 1 aliphatic rings. The minimum Gasteiger partial charge on any atom is -0.465 e. The normalized spacial score (nSPS) is 20.8. The molecule has 0 aliphatic carbocycles. The SMILES string of the molecule is CCOC(=O)C1CCCCN1S(=O)(=O)c1ccn(C)c1. The van der Waals surface area contributed by atoms with Gasteiger partial charge < -0.3 is 9.30 Å². The maximum absolute atomic E-state index is 12.6. The number of nitrogens with zero attached hydrogens (tertiary/aromatic N) is 2. The van der Waals surface area contributed by atoms with Crippen molar-refractivity contribution in [1.82, 2.24) is 8.87 Å². The van der Waals surface area contributed by atoms with Crippen molar-refractivity contribution in [2.45, 2.75) is 37.1 Å². The van der Waals surface area contributed by atoms with E-state index in [9.17, 15) is 13.2 Å². The summed E-state index contributed by atoms with van der Waals surface area (Å²) in [6.45, 7) is 2.34. The Morgan fingerprint density at radius 1 is 1.45 bits per heavy atom. The molecule has 1 fully saturated rings. The molecule has 0 N–H and O–H groups in total. The second kappa shape index (κ2) is 5.97. The molecule has 0 bridgehead atoms. The van der Waals surface area contributed by atoms with E-state index in [0.29, 0.717) is 13.0 Å². The molecule has 7 heteroatoms. The molecule has 0 aromatic carbocycles. The van der Waals surface area contributed by atoms with Gasteiger partial charge in [-0.05, 0) is 32.3 Å². The van der Waals surface area contributed by atoms with Crippen molar-refractivity contribution < 1.29 is 17.9 Å². The smallest absolute Gasteiger partial charge is 0.324 e. The van der Waals surface area contributed by atoms with Gasteiger partial charge in [0.2, 0.25) is 10.0 Å². The van der Waals surface area contributed by atoms with Crippen LogP contribution in [0.3, 0.4) is 0 Å². The van der Waals surface area contributed by atoms with Crippen LogP contribution in [0, 0.1) is 0 Å². The van der Waals surface area contributed by atoms with E-state index < -0.39 is 22.0 Å². The van der Waals surface area contributed by atoms with Crippen LogP contribution in [0.2, 0.25) is 0 Å². The number of rotatable bonds is 4. The summed E-state index contributed by atoms with van der Waals surface area (Å²) in [5.41, 5.74) is 0. The molecular weight excluding hydrogens is 280 g/mol. The van der Waals surface area contributed by atoms with Crippen LogP contribution < -0.4 is 0 Å². The van der Waals surface area contributed by atoms with Crippen LogP contribution >= 0.6 is 0 Å². The molecule has 2 heterocycles.